The van der Waals surface area contributed by atoms with Crippen LogP contribution in [0.15, 0.2) is 36.4 Å². The van der Waals surface area contributed by atoms with E-state index in [2.05, 4.69) is 4.74 Å². The molecule has 0 aliphatic heterocycles. The van der Waals surface area contributed by atoms with E-state index in [-0.39, 0.29) is 11.1 Å². The summed E-state index contributed by atoms with van der Waals surface area (Å²) in [5, 5.41) is 39.2. The number of hydrogen-bond donors (Lipinski definition) is 3. The Labute approximate surface area is 150 Å². The first-order valence-electron chi connectivity index (χ1n) is 6.92. The molecule has 2 rings (SSSR count). The number of methoxy groups -OCH3 is 1. The highest BCUT2D eigenvalue weighted by Crippen LogP contribution is 2.29. The van der Waals surface area contributed by atoms with E-state index in [1.807, 2.05) is 0 Å². The number of nitro groups is 2. The molecule has 0 bridgehead atoms. The summed E-state index contributed by atoms with van der Waals surface area (Å²) in [6.07, 6.45) is 0. The summed E-state index contributed by atoms with van der Waals surface area (Å²) in [6, 6.07) is 7.21. The number of phenols is 2. The van der Waals surface area contributed by atoms with Crippen molar-refractivity contribution in [1.29, 1.82) is 0 Å². The van der Waals surface area contributed by atoms with Crippen molar-refractivity contribution in [2.24, 2.45) is 5.73 Å². The van der Waals surface area contributed by atoms with Gasteiger partial charge in [0.05, 0.1) is 22.5 Å². The predicted molar refractivity (Wildman–Crippen MR) is 89.4 cm³/mol. The minimum atomic E-state index is -0.902. The first-order valence-corrected chi connectivity index (χ1v) is 6.92. The molecule has 12 heteroatoms. The Morgan fingerprint density at radius 1 is 0.926 bits per heavy atom. The van der Waals surface area contributed by atoms with Crippen molar-refractivity contribution >= 4 is 23.3 Å². The lowest BCUT2D eigenvalue weighted by Gasteiger charge is -2.01. The zero-order valence-electron chi connectivity index (χ0n) is 13.7. The molecule has 12 nitrogen and oxygen atoms in total. The van der Waals surface area contributed by atoms with Crippen molar-refractivity contribution in [3.05, 3.63) is 67.8 Å². The fourth-order valence-electron chi connectivity index (χ4n) is 1.83. The van der Waals surface area contributed by atoms with Crippen molar-refractivity contribution in [1.82, 2.24) is 0 Å². The van der Waals surface area contributed by atoms with Crippen LogP contribution >= 0.6 is 0 Å². The maximum absolute atomic E-state index is 11.0. The number of carbonyl (C=O) groups is 2. The van der Waals surface area contributed by atoms with Crippen molar-refractivity contribution < 1.29 is 34.4 Å². The van der Waals surface area contributed by atoms with E-state index in [4.69, 9.17) is 5.73 Å². The zero-order valence-corrected chi connectivity index (χ0v) is 13.7. The lowest BCUT2D eigenvalue weighted by molar-refractivity contribution is -0.386. The van der Waals surface area contributed by atoms with Gasteiger partial charge in [0.2, 0.25) is 11.5 Å². The topological polar surface area (TPSA) is 196 Å². The zero-order chi connectivity index (χ0) is 20.7. The van der Waals surface area contributed by atoms with E-state index in [9.17, 15) is 40.0 Å². The Kier molecular flexibility index (Phi) is 6.75. The molecule has 2 aromatic rings. The first-order chi connectivity index (χ1) is 12.6. The second-order valence-electron chi connectivity index (χ2n) is 4.72. The molecule has 0 atom stereocenters. The average Bonchev–Trinajstić information content (AvgIpc) is 2.61. The quantitative estimate of drug-likeness (QED) is 0.400. The number of nitrogens with zero attached hydrogens (tertiary/aromatic N) is 2. The molecular weight excluding hydrogens is 366 g/mol. The third kappa shape index (κ3) is 4.88. The fourth-order valence-corrected chi connectivity index (χ4v) is 1.83. The van der Waals surface area contributed by atoms with Crippen LogP contribution in [0.5, 0.6) is 11.5 Å². The normalized spacial score (nSPS) is 9.52. The molecule has 0 aliphatic rings. The first kappa shape index (κ1) is 20.8. The molecule has 0 fully saturated rings. The molecule has 27 heavy (non-hydrogen) atoms. The molecular formula is C15H13N3O9. The molecule has 0 aliphatic carbocycles. The number of nitrogens with two attached hydrogens (primary N) is 1. The summed E-state index contributed by atoms with van der Waals surface area (Å²) in [5.74, 6) is -3.09. The van der Waals surface area contributed by atoms with Crippen molar-refractivity contribution in [2.75, 3.05) is 7.11 Å². The number of ether oxygens (including phenoxy) is 1. The second-order valence-corrected chi connectivity index (χ2v) is 4.72. The maximum Gasteiger partial charge on any atom is 0.341 e. The van der Waals surface area contributed by atoms with Crippen molar-refractivity contribution in [3.63, 3.8) is 0 Å². The van der Waals surface area contributed by atoms with E-state index in [0.29, 0.717) is 0 Å². The summed E-state index contributed by atoms with van der Waals surface area (Å²) < 4.78 is 4.33. The Morgan fingerprint density at radius 2 is 1.33 bits per heavy atom. The van der Waals surface area contributed by atoms with Gasteiger partial charge in [-0.1, -0.05) is 12.1 Å². The van der Waals surface area contributed by atoms with Crippen LogP contribution in [0.3, 0.4) is 0 Å². The molecule has 0 saturated heterocycles. The standard InChI is InChI=1S/C8H7NO5.C7H6N2O4/c1-14-8(11)5-3-2-4-6(7(5)10)9(12)13;8-7(11)4-2-1-3-5(6(4)10)9(12)13/h2-4,10H,1H3;1-3,10H,(H2,8,11). The minimum absolute atomic E-state index is 0.221. The molecule has 0 spiro atoms. The molecule has 142 valence electrons. The molecule has 2 aromatic carbocycles. The molecule has 0 radical (unpaired) electrons. The van der Waals surface area contributed by atoms with Gasteiger partial charge in [-0.05, 0) is 12.1 Å². The average molecular weight is 379 g/mol. The summed E-state index contributed by atoms with van der Waals surface area (Å²) in [5.41, 5.74) is 3.33. The van der Waals surface area contributed by atoms with Crippen LogP contribution in [-0.2, 0) is 4.74 Å². The summed E-state index contributed by atoms with van der Waals surface area (Å²) in [6.45, 7) is 0. The number of phenolic OH excluding ortho intramolecular Hbond substituents is 1. The van der Waals surface area contributed by atoms with Crippen LogP contribution < -0.4 is 5.73 Å². The number of amides is 1. The lowest BCUT2D eigenvalue weighted by Crippen LogP contribution is -2.11. The molecule has 4 N–H and O–H groups in total. The van der Waals surface area contributed by atoms with E-state index in [1.54, 1.807) is 0 Å². The van der Waals surface area contributed by atoms with Gasteiger partial charge >= 0.3 is 17.3 Å². The van der Waals surface area contributed by atoms with Crippen molar-refractivity contribution in [2.45, 2.75) is 0 Å². The van der Waals surface area contributed by atoms with Gasteiger partial charge < -0.3 is 20.7 Å². The molecule has 1 amide bonds. The highest BCUT2D eigenvalue weighted by molar-refractivity contribution is 5.96. The Morgan fingerprint density at radius 3 is 1.70 bits per heavy atom. The predicted octanol–water partition coefficient (Wildman–Crippen LogP) is 1.49. The van der Waals surface area contributed by atoms with Gasteiger partial charge in [-0.25, -0.2) is 4.79 Å². The third-order valence-electron chi connectivity index (χ3n) is 3.09. The SMILES string of the molecule is COC(=O)c1cccc([N+](=O)[O-])c1O.NC(=O)c1cccc([N+](=O)[O-])c1O. The van der Waals surface area contributed by atoms with Gasteiger partial charge in [0.15, 0.2) is 0 Å². The number of benzene rings is 2. The number of carbonyl (C=O) groups excluding carboxylic acids is 2. The highest BCUT2D eigenvalue weighted by Gasteiger charge is 2.21. The number of esters is 1. The number of nitro benzene ring substituents is 2. The lowest BCUT2D eigenvalue weighted by atomic mass is 10.1. The van der Waals surface area contributed by atoms with Gasteiger partial charge in [-0.2, -0.15) is 0 Å². The van der Waals surface area contributed by atoms with Gasteiger partial charge in [-0.15, -0.1) is 0 Å². The van der Waals surface area contributed by atoms with Crippen LogP contribution in [0.25, 0.3) is 0 Å². The monoisotopic (exact) mass is 379 g/mol. The smallest absolute Gasteiger partial charge is 0.341 e. The molecule has 0 saturated carbocycles. The van der Waals surface area contributed by atoms with Crippen LogP contribution in [-0.4, -0.2) is 39.0 Å². The molecule has 0 unspecified atom stereocenters. The number of primary amides is 1. The summed E-state index contributed by atoms with van der Waals surface area (Å²) >= 11 is 0. The molecule has 0 aromatic heterocycles. The summed E-state index contributed by atoms with van der Waals surface area (Å²) in [4.78, 5) is 40.7. The Bertz CT molecular complexity index is 879. The van der Waals surface area contributed by atoms with Crippen LogP contribution in [0.4, 0.5) is 11.4 Å². The third-order valence-corrected chi connectivity index (χ3v) is 3.09. The van der Waals surface area contributed by atoms with Gasteiger partial charge in [0.25, 0.3) is 5.91 Å². The van der Waals surface area contributed by atoms with E-state index in [1.165, 1.54) is 24.3 Å². The second kappa shape index (κ2) is 8.75. The molecule has 0 heterocycles. The number of hydrogen-bond acceptors (Lipinski definition) is 9. The summed E-state index contributed by atoms with van der Waals surface area (Å²) in [7, 11) is 1.13. The number of aromatic hydroxyl groups is 2. The Hall–Kier alpha value is -4.22. The van der Waals surface area contributed by atoms with E-state index < -0.39 is 44.6 Å². The van der Waals surface area contributed by atoms with Gasteiger partial charge in [0, 0.05) is 12.1 Å². The van der Waals surface area contributed by atoms with E-state index in [0.717, 1.165) is 19.2 Å². The fraction of sp³-hybridized carbons (Fsp3) is 0.0667. The van der Waals surface area contributed by atoms with Crippen LogP contribution in [0.2, 0.25) is 0 Å². The Balaban J connectivity index is 0.000000271. The number of rotatable bonds is 4. The van der Waals surface area contributed by atoms with Crippen molar-refractivity contribution in [3.8, 4) is 11.5 Å². The van der Waals surface area contributed by atoms with Crippen LogP contribution in [0.1, 0.15) is 20.7 Å². The maximum atomic E-state index is 11.0. The minimum Gasteiger partial charge on any atom is -0.502 e. The van der Waals surface area contributed by atoms with E-state index >= 15 is 0 Å². The van der Waals surface area contributed by atoms with Gasteiger partial charge in [0.1, 0.15) is 5.56 Å². The number of para-hydroxylation sites is 2. The largest absolute Gasteiger partial charge is 0.502 e. The van der Waals surface area contributed by atoms with Crippen LogP contribution in [0, 0.1) is 20.2 Å². The highest BCUT2D eigenvalue weighted by atomic mass is 16.6. The van der Waals surface area contributed by atoms with Gasteiger partial charge in [-0.3, -0.25) is 25.0 Å².